The second-order valence-electron chi connectivity index (χ2n) is 6.34. The molecule has 1 aliphatic heterocycles. The molecule has 138 valence electrons. The van der Waals surface area contributed by atoms with Crippen molar-refractivity contribution in [1.29, 1.82) is 0 Å². The monoisotopic (exact) mass is 329 g/mol. The van der Waals surface area contributed by atoms with Crippen molar-refractivity contribution in [3.63, 3.8) is 0 Å². The summed E-state index contributed by atoms with van der Waals surface area (Å²) in [6.07, 6.45) is 1.61. The highest BCUT2D eigenvalue weighted by Crippen LogP contribution is 2.05. The molecule has 0 radical (unpaired) electrons. The number of nitrogens with zero attached hydrogens (tertiary/aromatic N) is 2. The molecule has 0 aromatic heterocycles. The number of hydrogen-bond acceptors (Lipinski definition) is 4. The van der Waals surface area contributed by atoms with Crippen LogP contribution in [0, 0.1) is 0 Å². The molecule has 0 aromatic carbocycles. The summed E-state index contributed by atoms with van der Waals surface area (Å²) in [5, 5.41) is 3.00. The van der Waals surface area contributed by atoms with Gasteiger partial charge in [0.2, 0.25) is 5.91 Å². The molecule has 5 heteroatoms. The largest absolute Gasteiger partial charge is 0.379 e. The van der Waals surface area contributed by atoms with E-state index in [9.17, 15) is 4.79 Å². The van der Waals surface area contributed by atoms with Crippen LogP contribution in [0.25, 0.3) is 0 Å². The molecular formula is C18H39N3O2. The summed E-state index contributed by atoms with van der Waals surface area (Å²) in [5.74, 6) is 0.142. The molecule has 0 bridgehead atoms. The summed E-state index contributed by atoms with van der Waals surface area (Å²) in [6.45, 7) is 19.4. The van der Waals surface area contributed by atoms with Gasteiger partial charge in [-0.3, -0.25) is 14.6 Å². The fourth-order valence-electron chi connectivity index (χ4n) is 2.50. The Morgan fingerprint density at radius 3 is 2.22 bits per heavy atom. The Morgan fingerprint density at radius 1 is 1.09 bits per heavy atom. The average Bonchev–Trinajstić information content (AvgIpc) is 2.54. The van der Waals surface area contributed by atoms with E-state index < -0.39 is 0 Å². The zero-order chi connectivity index (χ0) is 17.7. The van der Waals surface area contributed by atoms with Gasteiger partial charge in [0.25, 0.3) is 0 Å². The second kappa shape index (κ2) is 13.8. The van der Waals surface area contributed by atoms with Crippen LogP contribution in [0.15, 0.2) is 0 Å². The summed E-state index contributed by atoms with van der Waals surface area (Å²) in [6, 6.07) is 0.639. The molecule has 0 aliphatic carbocycles. The van der Waals surface area contributed by atoms with Crippen LogP contribution in [0.4, 0.5) is 0 Å². The van der Waals surface area contributed by atoms with E-state index in [0.717, 1.165) is 45.7 Å². The summed E-state index contributed by atoms with van der Waals surface area (Å²) in [4.78, 5) is 16.6. The first kappa shape index (κ1) is 22.4. The predicted octanol–water partition coefficient (Wildman–Crippen LogP) is 2.36. The third-order valence-corrected chi connectivity index (χ3v) is 3.89. The van der Waals surface area contributed by atoms with Gasteiger partial charge < -0.3 is 10.1 Å². The molecule has 0 aromatic rings. The maximum Gasteiger partial charge on any atom is 0.220 e. The summed E-state index contributed by atoms with van der Waals surface area (Å²) in [7, 11) is 0. The SMILES string of the molecule is CC.CC(C)OCCCC(=O)NCCN1CCN(C(C)C)CC1. The molecule has 5 nitrogen and oxygen atoms in total. The quantitative estimate of drug-likeness (QED) is 0.660. The van der Waals surface area contributed by atoms with E-state index in [1.54, 1.807) is 0 Å². The van der Waals surface area contributed by atoms with E-state index in [2.05, 4.69) is 29.0 Å². The van der Waals surface area contributed by atoms with Crippen LogP contribution in [0.5, 0.6) is 0 Å². The molecular weight excluding hydrogens is 290 g/mol. The first-order valence-electron chi connectivity index (χ1n) is 9.33. The number of carbonyl (C=O) groups excluding carboxylic acids is 1. The fraction of sp³-hybridized carbons (Fsp3) is 0.944. The molecule has 1 fully saturated rings. The van der Waals surface area contributed by atoms with Crippen molar-refractivity contribution in [3.8, 4) is 0 Å². The standard InChI is InChI=1S/C16H33N3O2.C2H6/c1-14(2)19-11-9-18(10-12-19)8-7-17-16(20)6-5-13-21-15(3)4;1-2/h14-15H,5-13H2,1-4H3,(H,17,20);1-2H3. The molecule has 1 heterocycles. The van der Waals surface area contributed by atoms with Gasteiger partial charge in [0, 0.05) is 58.3 Å². The topological polar surface area (TPSA) is 44.8 Å². The second-order valence-corrected chi connectivity index (χ2v) is 6.34. The normalized spacial score (nSPS) is 16.3. The number of rotatable bonds is 9. The minimum absolute atomic E-state index is 0.142. The van der Waals surface area contributed by atoms with Crippen LogP contribution in [-0.2, 0) is 9.53 Å². The van der Waals surface area contributed by atoms with Crippen LogP contribution >= 0.6 is 0 Å². The van der Waals surface area contributed by atoms with Gasteiger partial charge in [-0.15, -0.1) is 0 Å². The maximum atomic E-state index is 11.7. The number of carbonyl (C=O) groups is 1. The molecule has 1 saturated heterocycles. The van der Waals surface area contributed by atoms with Gasteiger partial charge in [-0.1, -0.05) is 13.8 Å². The summed E-state index contributed by atoms with van der Waals surface area (Å²) >= 11 is 0. The maximum absolute atomic E-state index is 11.7. The fourth-order valence-corrected chi connectivity index (χ4v) is 2.50. The third-order valence-electron chi connectivity index (χ3n) is 3.89. The lowest BCUT2D eigenvalue weighted by atomic mass is 10.2. The molecule has 23 heavy (non-hydrogen) atoms. The van der Waals surface area contributed by atoms with Crippen molar-refractivity contribution < 1.29 is 9.53 Å². The molecule has 1 rings (SSSR count). The van der Waals surface area contributed by atoms with Crippen LogP contribution in [0.2, 0.25) is 0 Å². The van der Waals surface area contributed by atoms with Gasteiger partial charge >= 0.3 is 0 Å². The van der Waals surface area contributed by atoms with Gasteiger partial charge in [-0.25, -0.2) is 0 Å². The van der Waals surface area contributed by atoms with Gasteiger partial charge in [0.05, 0.1) is 6.10 Å². The first-order chi connectivity index (χ1) is 11.0. The molecule has 0 saturated carbocycles. The van der Waals surface area contributed by atoms with E-state index in [1.165, 1.54) is 0 Å². The molecule has 1 N–H and O–H groups in total. The molecule has 1 amide bonds. The van der Waals surface area contributed by atoms with E-state index in [1.807, 2.05) is 27.7 Å². The Kier molecular flexibility index (Phi) is 13.4. The highest BCUT2D eigenvalue weighted by atomic mass is 16.5. The van der Waals surface area contributed by atoms with Gasteiger partial charge in [0.1, 0.15) is 0 Å². The minimum Gasteiger partial charge on any atom is -0.379 e. The van der Waals surface area contributed by atoms with E-state index in [4.69, 9.17) is 4.74 Å². The van der Waals surface area contributed by atoms with Gasteiger partial charge in [-0.05, 0) is 34.1 Å². The van der Waals surface area contributed by atoms with E-state index in [0.29, 0.717) is 19.1 Å². The summed E-state index contributed by atoms with van der Waals surface area (Å²) < 4.78 is 5.43. The van der Waals surface area contributed by atoms with Crippen molar-refractivity contribution in [2.45, 2.75) is 66.5 Å². The Labute approximate surface area is 143 Å². The van der Waals surface area contributed by atoms with Crippen molar-refractivity contribution in [1.82, 2.24) is 15.1 Å². The van der Waals surface area contributed by atoms with Crippen LogP contribution in [-0.4, -0.2) is 73.7 Å². The number of hydrogen-bond donors (Lipinski definition) is 1. The lowest BCUT2D eigenvalue weighted by Crippen LogP contribution is -2.50. The average molecular weight is 330 g/mol. The number of amides is 1. The third kappa shape index (κ3) is 11.5. The van der Waals surface area contributed by atoms with E-state index in [-0.39, 0.29) is 12.0 Å². The highest BCUT2D eigenvalue weighted by Gasteiger charge is 2.18. The van der Waals surface area contributed by atoms with Crippen LogP contribution in [0.1, 0.15) is 54.4 Å². The zero-order valence-electron chi connectivity index (χ0n) is 16.2. The van der Waals surface area contributed by atoms with Gasteiger partial charge in [-0.2, -0.15) is 0 Å². The predicted molar refractivity (Wildman–Crippen MR) is 97.8 cm³/mol. The van der Waals surface area contributed by atoms with Crippen molar-refractivity contribution >= 4 is 5.91 Å². The summed E-state index contributed by atoms with van der Waals surface area (Å²) in [5.41, 5.74) is 0. The van der Waals surface area contributed by atoms with E-state index >= 15 is 0 Å². The van der Waals surface area contributed by atoms with Crippen molar-refractivity contribution in [3.05, 3.63) is 0 Å². The smallest absolute Gasteiger partial charge is 0.220 e. The van der Waals surface area contributed by atoms with Crippen molar-refractivity contribution in [2.75, 3.05) is 45.9 Å². The Bertz CT molecular complexity index is 288. The Balaban J connectivity index is 0.00000232. The lowest BCUT2D eigenvalue weighted by Gasteiger charge is -2.36. The molecule has 1 aliphatic rings. The number of ether oxygens (including phenoxy) is 1. The molecule has 0 spiro atoms. The van der Waals surface area contributed by atoms with Gasteiger partial charge in [0.15, 0.2) is 0 Å². The number of nitrogens with one attached hydrogen (secondary N) is 1. The molecule has 0 unspecified atom stereocenters. The minimum atomic E-state index is 0.142. The highest BCUT2D eigenvalue weighted by molar-refractivity contribution is 5.75. The Hall–Kier alpha value is -0.650. The molecule has 0 atom stereocenters. The number of piperazine rings is 1. The lowest BCUT2D eigenvalue weighted by molar-refractivity contribution is -0.121. The van der Waals surface area contributed by atoms with Crippen LogP contribution < -0.4 is 5.32 Å². The van der Waals surface area contributed by atoms with Crippen molar-refractivity contribution in [2.24, 2.45) is 0 Å². The first-order valence-corrected chi connectivity index (χ1v) is 9.33. The Morgan fingerprint density at radius 2 is 1.70 bits per heavy atom. The zero-order valence-corrected chi connectivity index (χ0v) is 16.2. The van der Waals surface area contributed by atoms with Crippen LogP contribution in [0.3, 0.4) is 0 Å².